The molecular formula is C20H25N5O2. The maximum atomic E-state index is 11.1. The van der Waals surface area contributed by atoms with Crippen LogP contribution in [-0.2, 0) is 0 Å². The molecule has 1 aromatic carbocycles. The van der Waals surface area contributed by atoms with E-state index in [0.29, 0.717) is 5.92 Å². The van der Waals surface area contributed by atoms with E-state index in [0.717, 1.165) is 17.5 Å². The minimum absolute atomic E-state index is 0.103. The van der Waals surface area contributed by atoms with Gasteiger partial charge in [-0.2, -0.15) is 5.10 Å². The van der Waals surface area contributed by atoms with Crippen LogP contribution in [0.5, 0.6) is 0 Å². The van der Waals surface area contributed by atoms with Crippen molar-refractivity contribution < 1.29 is 4.92 Å². The molecule has 1 aliphatic rings. The van der Waals surface area contributed by atoms with Crippen LogP contribution in [0.3, 0.4) is 0 Å². The summed E-state index contributed by atoms with van der Waals surface area (Å²) in [6.45, 7) is 8.83. The summed E-state index contributed by atoms with van der Waals surface area (Å²) in [7, 11) is 2.14. The molecule has 7 nitrogen and oxygen atoms in total. The predicted octanol–water partition coefficient (Wildman–Crippen LogP) is 4.47. The van der Waals surface area contributed by atoms with Crippen molar-refractivity contribution in [3.8, 4) is 0 Å². The Hall–Kier alpha value is -2.96. The van der Waals surface area contributed by atoms with Crippen molar-refractivity contribution in [2.75, 3.05) is 17.4 Å². The van der Waals surface area contributed by atoms with Gasteiger partial charge < -0.3 is 4.90 Å². The second-order valence-electron chi connectivity index (χ2n) is 7.74. The average Bonchev–Trinajstić information content (AvgIpc) is 2.60. The minimum atomic E-state index is -0.478. The highest BCUT2D eigenvalue weighted by molar-refractivity contribution is 5.84. The van der Waals surface area contributed by atoms with E-state index in [1.165, 1.54) is 29.6 Å². The Kier molecular flexibility index (Phi) is 4.87. The summed E-state index contributed by atoms with van der Waals surface area (Å²) in [6.07, 6.45) is 4.27. The van der Waals surface area contributed by atoms with Crippen LogP contribution < -0.4 is 10.3 Å². The largest absolute Gasteiger partial charge is 0.369 e. The first kappa shape index (κ1) is 18.8. The van der Waals surface area contributed by atoms with Gasteiger partial charge in [-0.1, -0.05) is 6.92 Å². The van der Waals surface area contributed by atoms with Gasteiger partial charge in [-0.15, -0.1) is 0 Å². The fraction of sp³-hybridized carbons (Fsp3) is 0.400. The molecule has 0 spiro atoms. The molecule has 0 fully saturated rings. The van der Waals surface area contributed by atoms with E-state index in [4.69, 9.17) is 0 Å². The number of anilines is 2. The van der Waals surface area contributed by atoms with Gasteiger partial charge in [-0.05, 0) is 68.0 Å². The fourth-order valence-electron chi connectivity index (χ4n) is 3.67. The molecule has 1 aliphatic heterocycles. The number of aryl methyl sites for hydroxylation is 1. The van der Waals surface area contributed by atoms with Crippen molar-refractivity contribution in [1.82, 2.24) is 4.98 Å². The van der Waals surface area contributed by atoms with Crippen molar-refractivity contribution in [1.29, 1.82) is 0 Å². The Morgan fingerprint density at radius 1 is 1.44 bits per heavy atom. The summed E-state index contributed by atoms with van der Waals surface area (Å²) in [5, 5.41) is 15.2. The van der Waals surface area contributed by atoms with E-state index in [9.17, 15) is 10.1 Å². The SMILES string of the molecule is Cc1cc2c(cc1/C=N\Nc1ncccc1[N+](=O)[O-])[C@H](C)CC(C)(C)N2C. The van der Waals surface area contributed by atoms with E-state index in [-0.39, 0.29) is 17.0 Å². The number of fused-ring (bicyclic) bond motifs is 1. The van der Waals surface area contributed by atoms with Crippen LogP contribution in [0, 0.1) is 17.0 Å². The topological polar surface area (TPSA) is 83.7 Å². The second kappa shape index (κ2) is 6.98. The quantitative estimate of drug-likeness (QED) is 0.490. The van der Waals surface area contributed by atoms with Gasteiger partial charge in [0.25, 0.3) is 0 Å². The number of hydrazone groups is 1. The number of aromatic nitrogens is 1. The van der Waals surface area contributed by atoms with Crippen molar-refractivity contribution >= 4 is 23.4 Å². The van der Waals surface area contributed by atoms with Crippen molar-refractivity contribution in [2.24, 2.45) is 5.10 Å². The Balaban J connectivity index is 1.88. The molecular weight excluding hydrogens is 342 g/mol. The van der Waals surface area contributed by atoms with Crippen LogP contribution in [0.2, 0.25) is 0 Å². The van der Waals surface area contributed by atoms with Gasteiger partial charge in [0.05, 0.1) is 11.1 Å². The lowest BCUT2D eigenvalue weighted by Gasteiger charge is -2.45. The molecule has 0 radical (unpaired) electrons. The van der Waals surface area contributed by atoms with Crippen LogP contribution in [0.1, 0.15) is 49.8 Å². The molecule has 142 valence electrons. The zero-order valence-corrected chi connectivity index (χ0v) is 16.4. The molecule has 7 heteroatoms. The Morgan fingerprint density at radius 3 is 2.89 bits per heavy atom. The summed E-state index contributed by atoms with van der Waals surface area (Å²) in [5.74, 6) is 0.577. The maximum absolute atomic E-state index is 11.1. The van der Waals surface area contributed by atoms with Crippen LogP contribution in [0.4, 0.5) is 17.2 Å². The molecule has 0 unspecified atom stereocenters. The highest BCUT2D eigenvalue weighted by atomic mass is 16.6. The fourth-order valence-corrected chi connectivity index (χ4v) is 3.67. The number of hydrogen-bond donors (Lipinski definition) is 1. The third kappa shape index (κ3) is 3.63. The first-order chi connectivity index (χ1) is 12.7. The van der Waals surface area contributed by atoms with Gasteiger partial charge in [0.1, 0.15) is 0 Å². The lowest BCUT2D eigenvalue weighted by Crippen LogP contribution is -2.45. The first-order valence-corrected chi connectivity index (χ1v) is 8.97. The lowest BCUT2D eigenvalue weighted by molar-refractivity contribution is -0.384. The molecule has 2 heterocycles. The van der Waals surface area contributed by atoms with Gasteiger partial charge in [0.15, 0.2) is 0 Å². The minimum Gasteiger partial charge on any atom is -0.369 e. The third-order valence-corrected chi connectivity index (χ3v) is 5.38. The maximum Gasteiger partial charge on any atom is 0.313 e. The molecule has 0 saturated carbocycles. The van der Waals surface area contributed by atoms with E-state index in [2.05, 4.69) is 60.4 Å². The Morgan fingerprint density at radius 2 is 2.19 bits per heavy atom. The molecule has 0 amide bonds. The summed E-state index contributed by atoms with van der Waals surface area (Å²) in [6, 6.07) is 7.28. The van der Waals surface area contributed by atoms with Crippen molar-refractivity contribution in [3.05, 3.63) is 57.3 Å². The number of nitro groups is 1. The molecule has 0 bridgehead atoms. The van der Waals surface area contributed by atoms with Gasteiger partial charge in [0.2, 0.25) is 5.82 Å². The summed E-state index contributed by atoms with van der Waals surface area (Å²) >= 11 is 0. The van der Waals surface area contributed by atoms with E-state index >= 15 is 0 Å². The van der Waals surface area contributed by atoms with Crippen molar-refractivity contribution in [2.45, 2.75) is 45.6 Å². The van der Waals surface area contributed by atoms with Crippen molar-refractivity contribution in [3.63, 3.8) is 0 Å². The molecule has 27 heavy (non-hydrogen) atoms. The summed E-state index contributed by atoms with van der Waals surface area (Å²) < 4.78 is 0. The Labute approximate surface area is 159 Å². The molecule has 1 atom stereocenters. The van der Waals surface area contributed by atoms with Crippen LogP contribution in [0.25, 0.3) is 0 Å². The summed E-state index contributed by atoms with van der Waals surface area (Å²) in [4.78, 5) is 16.9. The van der Waals surface area contributed by atoms with Gasteiger partial charge in [-0.25, -0.2) is 4.98 Å². The molecule has 0 aliphatic carbocycles. The van der Waals surface area contributed by atoms with Gasteiger partial charge in [-0.3, -0.25) is 15.5 Å². The van der Waals surface area contributed by atoms with Crippen LogP contribution in [-0.4, -0.2) is 28.7 Å². The van der Waals surface area contributed by atoms with E-state index in [1.807, 2.05) is 6.92 Å². The van der Waals surface area contributed by atoms with Gasteiger partial charge in [0, 0.05) is 30.5 Å². The highest BCUT2D eigenvalue weighted by Crippen LogP contribution is 2.43. The lowest BCUT2D eigenvalue weighted by atomic mass is 9.79. The predicted molar refractivity (Wildman–Crippen MR) is 109 cm³/mol. The molecule has 1 aromatic heterocycles. The zero-order valence-electron chi connectivity index (χ0n) is 16.4. The molecule has 2 aromatic rings. The van der Waals surface area contributed by atoms with Crippen LogP contribution >= 0.6 is 0 Å². The third-order valence-electron chi connectivity index (χ3n) is 5.38. The Bertz CT molecular complexity index is 907. The number of nitrogens with zero attached hydrogens (tertiary/aromatic N) is 4. The molecule has 3 rings (SSSR count). The number of nitrogens with one attached hydrogen (secondary N) is 1. The second-order valence-corrected chi connectivity index (χ2v) is 7.74. The smallest absolute Gasteiger partial charge is 0.313 e. The standard InChI is InChI=1S/C20H25N5O2/c1-13-9-18-16(14(2)11-20(3,4)24(18)5)10-15(13)12-22-23-19-17(25(26)27)7-6-8-21-19/h6-10,12,14H,11H2,1-5H3,(H,21,23)/b22-12-/t14-/m1/s1. The average molecular weight is 367 g/mol. The van der Waals surface area contributed by atoms with Gasteiger partial charge >= 0.3 is 5.69 Å². The van der Waals surface area contributed by atoms with E-state index < -0.39 is 4.92 Å². The first-order valence-electron chi connectivity index (χ1n) is 8.97. The monoisotopic (exact) mass is 367 g/mol. The zero-order chi connectivity index (χ0) is 19.8. The van der Waals surface area contributed by atoms with E-state index in [1.54, 1.807) is 6.21 Å². The number of hydrogen-bond acceptors (Lipinski definition) is 6. The molecule has 0 saturated heterocycles. The van der Waals surface area contributed by atoms with Crippen LogP contribution in [0.15, 0.2) is 35.6 Å². The number of benzene rings is 1. The number of pyridine rings is 1. The normalized spacial score (nSPS) is 18.4. The number of rotatable bonds is 4. The highest BCUT2D eigenvalue weighted by Gasteiger charge is 2.34. The molecule has 1 N–H and O–H groups in total. The summed E-state index contributed by atoms with van der Waals surface area (Å²) in [5.41, 5.74) is 7.35.